The van der Waals surface area contributed by atoms with E-state index >= 15 is 0 Å². The molecule has 0 saturated carbocycles. The number of hydrogen-bond donors (Lipinski definition) is 1. The van der Waals surface area contributed by atoms with Crippen molar-refractivity contribution in [2.45, 2.75) is 18.2 Å². The third kappa shape index (κ3) is 3.58. The third-order valence-electron chi connectivity index (χ3n) is 2.99. The molecule has 0 unspecified atom stereocenters. The molecule has 0 bridgehead atoms. The van der Waals surface area contributed by atoms with Crippen molar-refractivity contribution < 1.29 is 8.42 Å². The standard InChI is InChI=1S/C15H17NO2S/c1-12-3-2-4-15(11-12)19(17,18)10-9-13-5-7-14(16)8-6-13/h2-8,11H,9-10,16H2,1H3. The molecule has 2 rings (SSSR count). The van der Waals surface area contributed by atoms with Crippen molar-refractivity contribution in [3.8, 4) is 0 Å². The molecule has 0 heterocycles. The number of rotatable bonds is 4. The SMILES string of the molecule is Cc1cccc(S(=O)(=O)CCc2ccc(N)cc2)c1. The molecule has 2 N–H and O–H groups in total. The van der Waals surface area contributed by atoms with Crippen molar-refractivity contribution in [3.63, 3.8) is 0 Å². The smallest absolute Gasteiger partial charge is 0.178 e. The maximum absolute atomic E-state index is 12.2. The minimum absolute atomic E-state index is 0.111. The zero-order valence-corrected chi connectivity index (χ0v) is 11.7. The fraction of sp³-hybridized carbons (Fsp3) is 0.200. The summed E-state index contributed by atoms with van der Waals surface area (Å²) < 4.78 is 24.4. The molecule has 0 aliphatic rings. The van der Waals surface area contributed by atoms with Crippen LogP contribution in [0.3, 0.4) is 0 Å². The summed E-state index contributed by atoms with van der Waals surface area (Å²) in [7, 11) is -3.22. The summed E-state index contributed by atoms with van der Waals surface area (Å²) in [5.41, 5.74) is 8.21. The van der Waals surface area contributed by atoms with Gasteiger partial charge in [-0.25, -0.2) is 8.42 Å². The fourth-order valence-corrected chi connectivity index (χ4v) is 3.25. The van der Waals surface area contributed by atoms with Crippen LogP contribution in [-0.4, -0.2) is 14.2 Å². The molecule has 3 nitrogen and oxygen atoms in total. The van der Waals surface area contributed by atoms with Gasteiger partial charge >= 0.3 is 0 Å². The second kappa shape index (κ2) is 5.45. The van der Waals surface area contributed by atoms with Crippen molar-refractivity contribution in [2.75, 3.05) is 11.5 Å². The molecule has 0 saturated heterocycles. The molecule has 0 fully saturated rings. The molecule has 0 aromatic heterocycles. The molecule has 4 heteroatoms. The van der Waals surface area contributed by atoms with Crippen molar-refractivity contribution in [1.82, 2.24) is 0 Å². The van der Waals surface area contributed by atoms with Gasteiger partial charge in [-0.2, -0.15) is 0 Å². The average molecular weight is 275 g/mol. The van der Waals surface area contributed by atoms with Crippen molar-refractivity contribution >= 4 is 15.5 Å². The number of hydrogen-bond acceptors (Lipinski definition) is 3. The number of nitrogen functional groups attached to an aromatic ring is 1. The molecular formula is C15H17NO2S. The Kier molecular flexibility index (Phi) is 3.90. The lowest BCUT2D eigenvalue weighted by atomic mass is 10.2. The highest BCUT2D eigenvalue weighted by molar-refractivity contribution is 7.91. The van der Waals surface area contributed by atoms with Crippen LogP contribution in [0.25, 0.3) is 0 Å². The van der Waals surface area contributed by atoms with E-state index in [-0.39, 0.29) is 5.75 Å². The van der Waals surface area contributed by atoms with Gasteiger partial charge in [0.05, 0.1) is 10.6 Å². The molecule has 2 aromatic carbocycles. The summed E-state index contributed by atoms with van der Waals surface area (Å²) in [4.78, 5) is 0.392. The Labute approximate surface area is 114 Å². The van der Waals surface area contributed by atoms with Crippen LogP contribution in [0.5, 0.6) is 0 Å². The molecule has 0 atom stereocenters. The lowest BCUT2D eigenvalue weighted by molar-refractivity contribution is 0.595. The van der Waals surface area contributed by atoms with E-state index in [1.54, 1.807) is 30.3 Å². The van der Waals surface area contributed by atoms with E-state index in [4.69, 9.17) is 5.73 Å². The normalized spacial score (nSPS) is 11.4. The monoisotopic (exact) mass is 275 g/mol. The number of anilines is 1. The molecule has 0 amide bonds. The molecule has 0 aliphatic carbocycles. The predicted molar refractivity (Wildman–Crippen MR) is 77.8 cm³/mol. The number of sulfone groups is 1. The van der Waals surface area contributed by atoms with Gasteiger partial charge in [-0.1, -0.05) is 24.3 Å². The molecule has 2 aromatic rings. The van der Waals surface area contributed by atoms with Crippen LogP contribution >= 0.6 is 0 Å². The summed E-state index contributed by atoms with van der Waals surface area (Å²) >= 11 is 0. The number of nitrogens with two attached hydrogens (primary N) is 1. The van der Waals surface area contributed by atoms with E-state index in [1.165, 1.54) is 0 Å². The van der Waals surface area contributed by atoms with Gasteiger partial charge in [-0.05, 0) is 48.7 Å². The Morgan fingerprint density at radius 2 is 1.74 bits per heavy atom. The lowest BCUT2D eigenvalue weighted by Gasteiger charge is -2.06. The largest absolute Gasteiger partial charge is 0.399 e. The van der Waals surface area contributed by atoms with Crippen LogP contribution in [-0.2, 0) is 16.3 Å². The third-order valence-corrected chi connectivity index (χ3v) is 4.70. The average Bonchev–Trinajstić information content (AvgIpc) is 2.38. The minimum Gasteiger partial charge on any atom is -0.399 e. The fourth-order valence-electron chi connectivity index (χ4n) is 1.86. The molecule has 19 heavy (non-hydrogen) atoms. The van der Waals surface area contributed by atoms with E-state index in [1.807, 2.05) is 25.1 Å². The van der Waals surface area contributed by atoms with Crippen LogP contribution in [0.2, 0.25) is 0 Å². The Balaban J connectivity index is 2.12. The Bertz CT molecular complexity index is 661. The van der Waals surface area contributed by atoms with Gasteiger partial charge in [-0.15, -0.1) is 0 Å². The first-order valence-corrected chi connectivity index (χ1v) is 7.76. The quantitative estimate of drug-likeness (QED) is 0.872. The lowest BCUT2D eigenvalue weighted by Crippen LogP contribution is -2.09. The minimum atomic E-state index is -3.22. The summed E-state index contributed by atoms with van der Waals surface area (Å²) in [6.07, 6.45) is 0.497. The Hall–Kier alpha value is -1.81. The van der Waals surface area contributed by atoms with Gasteiger partial charge in [0.25, 0.3) is 0 Å². The van der Waals surface area contributed by atoms with Crippen molar-refractivity contribution in [3.05, 3.63) is 59.7 Å². The number of benzene rings is 2. The highest BCUT2D eigenvalue weighted by Crippen LogP contribution is 2.15. The molecular weight excluding hydrogens is 258 g/mol. The first-order chi connectivity index (χ1) is 8.97. The molecule has 0 spiro atoms. The summed E-state index contributed by atoms with van der Waals surface area (Å²) in [5.74, 6) is 0.111. The van der Waals surface area contributed by atoms with Crippen LogP contribution in [0, 0.1) is 6.92 Å². The molecule has 100 valence electrons. The van der Waals surface area contributed by atoms with E-state index < -0.39 is 9.84 Å². The van der Waals surface area contributed by atoms with E-state index in [0.717, 1.165) is 11.1 Å². The zero-order valence-electron chi connectivity index (χ0n) is 10.8. The van der Waals surface area contributed by atoms with E-state index in [9.17, 15) is 8.42 Å². The van der Waals surface area contributed by atoms with Gasteiger partial charge in [-0.3, -0.25) is 0 Å². The zero-order chi connectivity index (χ0) is 13.9. The summed E-state index contributed by atoms with van der Waals surface area (Å²) in [5, 5.41) is 0. The highest BCUT2D eigenvalue weighted by Gasteiger charge is 2.14. The topological polar surface area (TPSA) is 60.2 Å². The number of aryl methyl sites for hydroxylation is 2. The van der Waals surface area contributed by atoms with Gasteiger partial charge in [0.1, 0.15) is 0 Å². The maximum atomic E-state index is 12.2. The highest BCUT2D eigenvalue weighted by atomic mass is 32.2. The van der Waals surface area contributed by atoms with Crippen molar-refractivity contribution in [1.29, 1.82) is 0 Å². The maximum Gasteiger partial charge on any atom is 0.178 e. The van der Waals surface area contributed by atoms with Gasteiger partial charge in [0.15, 0.2) is 9.84 Å². The first-order valence-electron chi connectivity index (χ1n) is 6.11. The van der Waals surface area contributed by atoms with Crippen molar-refractivity contribution in [2.24, 2.45) is 0 Å². The predicted octanol–water partition coefficient (Wildman–Crippen LogP) is 2.59. The van der Waals surface area contributed by atoms with Gasteiger partial charge in [0.2, 0.25) is 0 Å². The van der Waals surface area contributed by atoms with E-state index in [0.29, 0.717) is 17.0 Å². The van der Waals surface area contributed by atoms with Gasteiger partial charge < -0.3 is 5.73 Å². The molecule has 0 radical (unpaired) electrons. The van der Waals surface area contributed by atoms with E-state index in [2.05, 4.69) is 0 Å². The second-order valence-corrected chi connectivity index (χ2v) is 6.74. The summed E-state index contributed by atoms with van der Waals surface area (Å²) in [6.45, 7) is 1.89. The second-order valence-electron chi connectivity index (χ2n) is 4.63. The molecule has 0 aliphatic heterocycles. The summed E-state index contributed by atoms with van der Waals surface area (Å²) in [6, 6.07) is 14.3. The first kappa shape index (κ1) is 13.6. The van der Waals surface area contributed by atoms with Crippen LogP contribution in [0.4, 0.5) is 5.69 Å². The Morgan fingerprint density at radius 1 is 1.05 bits per heavy atom. The van der Waals surface area contributed by atoms with Gasteiger partial charge in [0, 0.05) is 5.69 Å². The van der Waals surface area contributed by atoms with Crippen LogP contribution in [0.15, 0.2) is 53.4 Å². The Morgan fingerprint density at radius 3 is 2.37 bits per heavy atom. The van der Waals surface area contributed by atoms with Crippen LogP contribution < -0.4 is 5.73 Å². The van der Waals surface area contributed by atoms with Crippen LogP contribution in [0.1, 0.15) is 11.1 Å².